The van der Waals surface area contributed by atoms with Crippen LogP contribution >= 0.6 is 0 Å². The molecule has 0 bridgehead atoms. The Morgan fingerprint density at radius 2 is 1.75 bits per heavy atom. The topological polar surface area (TPSA) is 0 Å². The van der Waals surface area contributed by atoms with Gasteiger partial charge in [0.05, 0.1) is 0 Å². The van der Waals surface area contributed by atoms with E-state index in [1.54, 1.807) is 6.08 Å². The van der Waals surface area contributed by atoms with Crippen molar-refractivity contribution < 1.29 is 0 Å². The van der Waals surface area contributed by atoms with Crippen LogP contribution < -0.4 is 0 Å². The molecular weight excluding hydrogens is 144 g/mol. The molecule has 0 rings (SSSR count). The monoisotopic (exact) mass is 160 g/mol. The van der Waals surface area contributed by atoms with Crippen molar-refractivity contribution in [2.75, 3.05) is 0 Å². The van der Waals surface area contributed by atoms with E-state index in [9.17, 15) is 0 Å². The molecule has 0 aliphatic carbocycles. The van der Waals surface area contributed by atoms with Crippen LogP contribution in [0.15, 0.2) is 60.8 Å². The molecule has 0 aromatic carbocycles. The Kier molecular flexibility index (Phi) is 5.72. The van der Waals surface area contributed by atoms with Gasteiger partial charge in [-0.05, 0) is 13.8 Å². The average Bonchev–Trinajstić information content (AvgIpc) is 2.00. The molecule has 0 heteroatoms. The summed E-state index contributed by atoms with van der Waals surface area (Å²) in [7, 11) is 0. The second kappa shape index (κ2) is 6.41. The minimum absolute atomic E-state index is 1.06. The number of allylic oxidation sites excluding steroid dienone is 8. The molecule has 0 fully saturated rings. The zero-order valence-corrected chi connectivity index (χ0v) is 7.88. The fourth-order valence-corrected chi connectivity index (χ4v) is 0.640. The van der Waals surface area contributed by atoms with Crippen molar-refractivity contribution in [3.8, 4) is 0 Å². The first-order valence-corrected chi connectivity index (χ1v) is 3.96. The Labute approximate surface area is 75.3 Å². The molecule has 0 aromatic rings. The predicted octanol–water partition coefficient (Wildman–Crippen LogP) is 3.81. The molecule has 0 atom stereocenters. The van der Waals surface area contributed by atoms with E-state index in [0.29, 0.717) is 0 Å². The van der Waals surface area contributed by atoms with E-state index in [0.717, 1.165) is 5.57 Å². The fourth-order valence-electron chi connectivity index (χ4n) is 0.640. The van der Waals surface area contributed by atoms with E-state index in [-0.39, 0.29) is 0 Å². The molecule has 0 N–H and O–H groups in total. The van der Waals surface area contributed by atoms with Gasteiger partial charge in [-0.15, -0.1) is 0 Å². The highest BCUT2D eigenvalue weighted by atomic mass is 13.8. The maximum absolute atomic E-state index is 3.76. The number of hydrogen-bond donors (Lipinski definition) is 0. The van der Waals surface area contributed by atoms with Crippen LogP contribution in [0, 0.1) is 0 Å². The lowest BCUT2D eigenvalue weighted by Gasteiger charge is -1.86. The van der Waals surface area contributed by atoms with E-state index in [4.69, 9.17) is 0 Å². The number of rotatable bonds is 4. The molecule has 0 spiro atoms. The van der Waals surface area contributed by atoms with Crippen molar-refractivity contribution in [2.45, 2.75) is 13.8 Å². The molecule has 0 aliphatic heterocycles. The summed E-state index contributed by atoms with van der Waals surface area (Å²) < 4.78 is 0. The SMILES string of the molecule is C=CC=CC(C)=CC=CC(=C)C. The quantitative estimate of drug-likeness (QED) is 0.549. The minimum atomic E-state index is 1.06. The van der Waals surface area contributed by atoms with Gasteiger partial charge in [0.15, 0.2) is 0 Å². The van der Waals surface area contributed by atoms with Crippen LogP contribution in [0.4, 0.5) is 0 Å². The van der Waals surface area contributed by atoms with Crippen LogP contribution in [0.2, 0.25) is 0 Å². The molecule has 0 heterocycles. The first kappa shape index (κ1) is 10.7. The molecule has 12 heavy (non-hydrogen) atoms. The first-order chi connectivity index (χ1) is 5.66. The van der Waals surface area contributed by atoms with Gasteiger partial charge in [-0.25, -0.2) is 0 Å². The number of hydrogen-bond acceptors (Lipinski definition) is 0. The van der Waals surface area contributed by atoms with Gasteiger partial charge in [0, 0.05) is 0 Å². The summed E-state index contributed by atoms with van der Waals surface area (Å²) in [6, 6.07) is 0. The van der Waals surface area contributed by atoms with Crippen molar-refractivity contribution in [3.05, 3.63) is 60.8 Å². The van der Waals surface area contributed by atoms with Gasteiger partial charge >= 0.3 is 0 Å². The fraction of sp³-hybridized carbons (Fsp3) is 0.167. The largest absolute Gasteiger partial charge is 0.0991 e. The van der Waals surface area contributed by atoms with Crippen LogP contribution in [0.3, 0.4) is 0 Å². The third-order valence-electron chi connectivity index (χ3n) is 1.24. The van der Waals surface area contributed by atoms with E-state index in [1.807, 2.05) is 44.2 Å². The van der Waals surface area contributed by atoms with Crippen molar-refractivity contribution >= 4 is 0 Å². The van der Waals surface area contributed by atoms with Crippen LogP contribution in [-0.4, -0.2) is 0 Å². The molecule has 0 saturated heterocycles. The Morgan fingerprint density at radius 1 is 1.08 bits per heavy atom. The van der Waals surface area contributed by atoms with E-state index in [1.165, 1.54) is 5.57 Å². The second-order valence-electron chi connectivity index (χ2n) is 2.71. The Hall–Kier alpha value is -1.30. The molecule has 0 nitrogen and oxygen atoms in total. The summed E-state index contributed by atoms with van der Waals surface area (Å²) in [5.41, 5.74) is 2.26. The molecule has 64 valence electrons. The van der Waals surface area contributed by atoms with Crippen molar-refractivity contribution in [2.24, 2.45) is 0 Å². The lowest BCUT2D eigenvalue weighted by molar-refractivity contribution is 1.51. The molecule has 0 radical (unpaired) electrons. The minimum Gasteiger partial charge on any atom is -0.0991 e. The van der Waals surface area contributed by atoms with Crippen molar-refractivity contribution in [1.29, 1.82) is 0 Å². The molecular formula is C12H16. The van der Waals surface area contributed by atoms with Gasteiger partial charge in [-0.1, -0.05) is 60.8 Å². The molecule has 0 aromatic heterocycles. The van der Waals surface area contributed by atoms with Gasteiger partial charge in [0.2, 0.25) is 0 Å². The van der Waals surface area contributed by atoms with Gasteiger partial charge in [0.25, 0.3) is 0 Å². The Balaban J connectivity index is 4.08. The summed E-state index contributed by atoms with van der Waals surface area (Å²) in [5, 5.41) is 0. The zero-order valence-electron chi connectivity index (χ0n) is 7.88. The smallest absolute Gasteiger partial charge is 0.0398 e. The highest BCUT2D eigenvalue weighted by Crippen LogP contribution is 1.97. The Bertz CT molecular complexity index is 237. The third kappa shape index (κ3) is 6.81. The van der Waals surface area contributed by atoms with E-state index >= 15 is 0 Å². The Morgan fingerprint density at radius 3 is 2.25 bits per heavy atom. The molecule has 0 unspecified atom stereocenters. The van der Waals surface area contributed by atoms with Gasteiger partial charge < -0.3 is 0 Å². The second-order valence-corrected chi connectivity index (χ2v) is 2.71. The van der Waals surface area contributed by atoms with Crippen LogP contribution in [0.5, 0.6) is 0 Å². The molecule has 0 amide bonds. The summed E-state index contributed by atoms with van der Waals surface area (Å²) in [6.07, 6.45) is 11.7. The first-order valence-electron chi connectivity index (χ1n) is 3.96. The van der Waals surface area contributed by atoms with Gasteiger partial charge in [0.1, 0.15) is 0 Å². The van der Waals surface area contributed by atoms with Gasteiger partial charge in [-0.2, -0.15) is 0 Å². The summed E-state index contributed by atoms with van der Waals surface area (Å²) >= 11 is 0. The van der Waals surface area contributed by atoms with Crippen LogP contribution in [0.1, 0.15) is 13.8 Å². The average molecular weight is 160 g/mol. The summed E-state index contributed by atoms with van der Waals surface area (Å²) in [5.74, 6) is 0. The maximum Gasteiger partial charge on any atom is -0.0398 e. The maximum atomic E-state index is 3.76. The lowest BCUT2D eigenvalue weighted by atomic mass is 10.2. The molecule has 0 aliphatic rings. The van der Waals surface area contributed by atoms with Gasteiger partial charge in [-0.3, -0.25) is 0 Å². The highest BCUT2D eigenvalue weighted by Gasteiger charge is 1.76. The molecule has 0 saturated carbocycles. The zero-order chi connectivity index (χ0) is 9.40. The summed E-state index contributed by atoms with van der Waals surface area (Å²) in [4.78, 5) is 0. The lowest BCUT2D eigenvalue weighted by Crippen LogP contribution is -1.65. The summed E-state index contributed by atoms with van der Waals surface area (Å²) in [6.45, 7) is 11.4. The highest BCUT2D eigenvalue weighted by molar-refractivity contribution is 5.26. The predicted molar refractivity (Wildman–Crippen MR) is 57.0 cm³/mol. The van der Waals surface area contributed by atoms with Crippen molar-refractivity contribution in [3.63, 3.8) is 0 Å². The standard InChI is InChI=1S/C12H16/c1-5-6-9-12(4)10-7-8-11(2)3/h5-10H,1-2H2,3-4H3. The van der Waals surface area contributed by atoms with Crippen LogP contribution in [-0.2, 0) is 0 Å². The van der Waals surface area contributed by atoms with Crippen LogP contribution in [0.25, 0.3) is 0 Å². The van der Waals surface area contributed by atoms with E-state index < -0.39 is 0 Å². The van der Waals surface area contributed by atoms with E-state index in [2.05, 4.69) is 13.2 Å². The third-order valence-corrected chi connectivity index (χ3v) is 1.24. The van der Waals surface area contributed by atoms with Crippen molar-refractivity contribution in [1.82, 2.24) is 0 Å². The normalized spacial score (nSPS) is 12.7.